The predicted molar refractivity (Wildman–Crippen MR) is 35.7 cm³/mol. The minimum atomic E-state index is -0.290. The van der Waals surface area contributed by atoms with Crippen molar-refractivity contribution in [2.45, 2.75) is 19.8 Å². The Morgan fingerprint density at radius 1 is 1.67 bits per heavy atom. The lowest BCUT2D eigenvalue weighted by Gasteiger charge is -1.89. The van der Waals surface area contributed by atoms with Crippen molar-refractivity contribution in [1.29, 1.82) is 0 Å². The molecule has 1 saturated carbocycles. The van der Waals surface area contributed by atoms with E-state index in [1.807, 2.05) is 6.08 Å². The normalized spacial score (nSPS) is 19.9. The van der Waals surface area contributed by atoms with Crippen LogP contribution in [-0.2, 0) is 4.79 Å². The van der Waals surface area contributed by atoms with Gasteiger partial charge in [0.2, 0.25) is 5.91 Å². The van der Waals surface area contributed by atoms with Crippen LogP contribution in [-0.4, -0.2) is 5.91 Å². The van der Waals surface area contributed by atoms with E-state index >= 15 is 0 Å². The zero-order valence-corrected chi connectivity index (χ0v) is 5.55. The van der Waals surface area contributed by atoms with E-state index in [1.165, 1.54) is 12.8 Å². The van der Waals surface area contributed by atoms with Gasteiger partial charge in [0.15, 0.2) is 0 Å². The highest BCUT2D eigenvalue weighted by Gasteiger charge is 2.18. The van der Waals surface area contributed by atoms with Gasteiger partial charge in [0.05, 0.1) is 0 Å². The van der Waals surface area contributed by atoms with E-state index in [2.05, 4.69) is 0 Å². The third kappa shape index (κ3) is 1.88. The molecule has 0 aliphatic heterocycles. The Hall–Kier alpha value is -0.790. The molecule has 1 aliphatic rings. The van der Waals surface area contributed by atoms with Crippen molar-refractivity contribution < 1.29 is 4.79 Å². The second kappa shape index (κ2) is 2.21. The van der Waals surface area contributed by atoms with Crippen molar-refractivity contribution in [3.8, 4) is 0 Å². The topological polar surface area (TPSA) is 43.1 Å². The fourth-order valence-electron chi connectivity index (χ4n) is 0.699. The van der Waals surface area contributed by atoms with Gasteiger partial charge in [0.25, 0.3) is 0 Å². The van der Waals surface area contributed by atoms with Gasteiger partial charge in [-0.1, -0.05) is 6.08 Å². The summed E-state index contributed by atoms with van der Waals surface area (Å²) in [4.78, 5) is 10.4. The van der Waals surface area contributed by atoms with Crippen LogP contribution in [0.1, 0.15) is 19.8 Å². The third-order valence-corrected chi connectivity index (χ3v) is 1.50. The van der Waals surface area contributed by atoms with Gasteiger partial charge in [0, 0.05) is 5.57 Å². The Kier molecular flexibility index (Phi) is 1.56. The number of primary amides is 1. The lowest BCUT2D eigenvalue weighted by molar-refractivity contribution is -0.114. The zero-order valence-electron chi connectivity index (χ0n) is 5.55. The van der Waals surface area contributed by atoms with Crippen molar-refractivity contribution in [3.63, 3.8) is 0 Å². The fourth-order valence-corrected chi connectivity index (χ4v) is 0.699. The molecule has 0 aromatic heterocycles. The second-order valence-electron chi connectivity index (χ2n) is 2.55. The quantitative estimate of drug-likeness (QED) is 0.546. The molecule has 2 heteroatoms. The molecule has 0 spiro atoms. The van der Waals surface area contributed by atoms with Gasteiger partial charge in [0.1, 0.15) is 0 Å². The molecule has 0 saturated heterocycles. The van der Waals surface area contributed by atoms with Gasteiger partial charge >= 0.3 is 0 Å². The average molecular weight is 125 g/mol. The molecule has 2 N–H and O–H groups in total. The zero-order chi connectivity index (χ0) is 6.85. The molecule has 2 nitrogen and oxygen atoms in total. The Morgan fingerprint density at radius 3 is 2.56 bits per heavy atom. The van der Waals surface area contributed by atoms with Gasteiger partial charge < -0.3 is 5.73 Å². The molecule has 1 aliphatic carbocycles. The van der Waals surface area contributed by atoms with E-state index in [1.54, 1.807) is 6.92 Å². The monoisotopic (exact) mass is 125 g/mol. The molecule has 0 heterocycles. The van der Waals surface area contributed by atoms with E-state index < -0.39 is 0 Å². The van der Waals surface area contributed by atoms with Crippen LogP contribution < -0.4 is 5.73 Å². The average Bonchev–Trinajstić information content (AvgIpc) is 2.50. The number of carbonyl (C=O) groups is 1. The maximum absolute atomic E-state index is 10.4. The number of allylic oxidation sites excluding steroid dienone is 1. The van der Waals surface area contributed by atoms with Crippen molar-refractivity contribution in [2.24, 2.45) is 11.7 Å². The molecule has 1 amide bonds. The van der Waals surface area contributed by atoms with Crippen molar-refractivity contribution >= 4 is 5.91 Å². The number of amides is 1. The van der Waals surface area contributed by atoms with E-state index in [0.717, 1.165) is 0 Å². The summed E-state index contributed by atoms with van der Waals surface area (Å²) in [6.45, 7) is 1.76. The minimum Gasteiger partial charge on any atom is -0.366 e. The molecular weight excluding hydrogens is 114 g/mol. The standard InChI is InChI=1S/C7H11NO/c1-5(7(8)9)4-6-2-3-6/h4,6H,2-3H2,1H3,(H2,8,9). The van der Waals surface area contributed by atoms with Crippen molar-refractivity contribution in [2.75, 3.05) is 0 Å². The highest BCUT2D eigenvalue weighted by molar-refractivity contribution is 5.91. The van der Waals surface area contributed by atoms with E-state index in [4.69, 9.17) is 5.73 Å². The first-order valence-corrected chi connectivity index (χ1v) is 3.18. The van der Waals surface area contributed by atoms with E-state index in [9.17, 15) is 4.79 Å². The largest absolute Gasteiger partial charge is 0.366 e. The summed E-state index contributed by atoms with van der Waals surface area (Å²) in [6.07, 6.45) is 4.41. The summed E-state index contributed by atoms with van der Waals surface area (Å²) in [5.41, 5.74) is 5.71. The Balaban J connectivity index is 2.46. The molecule has 1 rings (SSSR count). The summed E-state index contributed by atoms with van der Waals surface area (Å²) >= 11 is 0. The number of hydrogen-bond donors (Lipinski definition) is 1. The first-order valence-electron chi connectivity index (χ1n) is 3.18. The van der Waals surface area contributed by atoms with Gasteiger partial charge in [-0.3, -0.25) is 4.79 Å². The second-order valence-corrected chi connectivity index (χ2v) is 2.55. The number of hydrogen-bond acceptors (Lipinski definition) is 1. The molecule has 1 fully saturated rings. The van der Waals surface area contributed by atoms with Gasteiger partial charge in [-0.15, -0.1) is 0 Å². The number of carbonyl (C=O) groups excluding carboxylic acids is 1. The smallest absolute Gasteiger partial charge is 0.244 e. The van der Waals surface area contributed by atoms with Crippen LogP contribution in [0.25, 0.3) is 0 Å². The number of nitrogens with two attached hydrogens (primary N) is 1. The molecule has 0 aromatic carbocycles. The van der Waals surface area contributed by atoms with E-state index in [0.29, 0.717) is 11.5 Å². The van der Waals surface area contributed by atoms with Gasteiger partial charge in [-0.05, 0) is 25.7 Å². The highest BCUT2D eigenvalue weighted by atomic mass is 16.1. The van der Waals surface area contributed by atoms with Crippen LogP contribution in [0, 0.1) is 5.92 Å². The summed E-state index contributed by atoms with van der Waals surface area (Å²) in [6, 6.07) is 0. The molecule has 0 bridgehead atoms. The summed E-state index contributed by atoms with van der Waals surface area (Å²) in [7, 11) is 0. The Labute approximate surface area is 54.7 Å². The summed E-state index contributed by atoms with van der Waals surface area (Å²) in [5.74, 6) is 0.361. The summed E-state index contributed by atoms with van der Waals surface area (Å²) in [5, 5.41) is 0. The Morgan fingerprint density at radius 2 is 2.22 bits per heavy atom. The van der Waals surface area contributed by atoms with Crippen LogP contribution in [0.15, 0.2) is 11.6 Å². The van der Waals surface area contributed by atoms with Crippen molar-refractivity contribution in [1.82, 2.24) is 0 Å². The Bertz CT molecular complexity index is 156. The third-order valence-electron chi connectivity index (χ3n) is 1.50. The molecular formula is C7H11NO. The maximum atomic E-state index is 10.4. The van der Waals surface area contributed by atoms with Crippen LogP contribution in [0.3, 0.4) is 0 Å². The molecule has 0 unspecified atom stereocenters. The summed E-state index contributed by atoms with van der Waals surface area (Å²) < 4.78 is 0. The van der Waals surface area contributed by atoms with Gasteiger partial charge in [-0.2, -0.15) is 0 Å². The molecule has 0 atom stereocenters. The lowest BCUT2D eigenvalue weighted by atomic mass is 10.2. The fraction of sp³-hybridized carbons (Fsp3) is 0.571. The van der Waals surface area contributed by atoms with Crippen LogP contribution >= 0.6 is 0 Å². The SMILES string of the molecule is CC(=CC1CC1)C(N)=O. The first-order chi connectivity index (χ1) is 4.20. The van der Waals surface area contributed by atoms with Crippen molar-refractivity contribution in [3.05, 3.63) is 11.6 Å². The minimum absolute atomic E-state index is 0.290. The van der Waals surface area contributed by atoms with Crippen LogP contribution in [0.4, 0.5) is 0 Å². The van der Waals surface area contributed by atoms with Crippen LogP contribution in [0.5, 0.6) is 0 Å². The highest BCUT2D eigenvalue weighted by Crippen LogP contribution is 2.31. The molecule has 50 valence electrons. The van der Waals surface area contributed by atoms with Gasteiger partial charge in [-0.25, -0.2) is 0 Å². The molecule has 0 aromatic rings. The molecule has 9 heavy (non-hydrogen) atoms. The first kappa shape index (κ1) is 6.33. The van der Waals surface area contributed by atoms with E-state index in [-0.39, 0.29) is 5.91 Å². The predicted octanol–water partition coefficient (Wildman–Crippen LogP) is 0.828. The molecule has 0 radical (unpaired) electrons. The lowest BCUT2D eigenvalue weighted by Crippen LogP contribution is -2.11. The maximum Gasteiger partial charge on any atom is 0.244 e. The number of rotatable bonds is 2. The van der Waals surface area contributed by atoms with Crippen LogP contribution in [0.2, 0.25) is 0 Å².